The van der Waals surface area contributed by atoms with Gasteiger partial charge in [0.05, 0.1) is 17.7 Å². The number of benzene rings is 2. The lowest BCUT2D eigenvalue weighted by Crippen LogP contribution is -2.38. The molecule has 0 amide bonds. The molecule has 0 spiro atoms. The Balaban J connectivity index is 1.91. The van der Waals surface area contributed by atoms with Gasteiger partial charge in [0.2, 0.25) is 0 Å². The molecule has 1 unspecified atom stereocenters. The van der Waals surface area contributed by atoms with Gasteiger partial charge >= 0.3 is 0 Å². The van der Waals surface area contributed by atoms with Gasteiger partial charge in [0.25, 0.3) is 0 Å². The maximum absolute atomic E-state index is 8.80. The molecule has 0 aliphatic rings. The van der Waals surface area contributed by atoms with Gasteiger partial charge in [-0.1, -0.05) is 42.5 Å². The zero-order chi connectivity index (χ0) is 15.8. The minimum absolute atomic E-state index is 0.174. The predicted octanol–water partition coefficient (Wildman–Crippen LogP) is 2.98. The monoisotopic (exact) mass is 292 g/mol. The van der Waals surface area contributed by atoms with Gasteiger partial charge in [-0.15, -0.1) is 0 Å². The summed E-state index contributed by atoms with van der Waals surface area (Å²) >= 11 is 0. The van der Waals surface area contributed by atoms with E-state index in [1.165, 1.54) is 5.56 Å². The van der Waals surface area contributed by atoms with E-state index in [0.29, 0.717) is 12.1 Å². The highest BCUT2D eigenvalue weighted by Crippen LogP contribution is 2.10. The molecule has 1 atom stereocenters. The van der Waals surface area contributed by atoms with E-state index in [1.54, 1.807) is 7.05 Å². The second-order valence-corrected chi connectivity index (χ2v) is 5.01. The summed E-state index contributed by atoms with van der Waals surface area (Å²) in [6.45, 7) is 2.76. The zero-order valence-corrected chi connectivity index (χ0v) is 12.9. The van der Waals surface area contributed by atoms with Gasteiger partial charge in [0.15, 0.2) is 5.96 Å². The van der Waals surface area contributed by atoms with Gasteiger partial charge in [0, 0.05) is 13.6 Å². The Hall–Kier alpha value is -2.80. The number of hydrogen-bond acceptors (Lipinski definition) is 2. The van der Waals surface area contributed by atoms with Crippen LogP contribution < -0.4 is 10.6 Å². The molecule has 0 radical (unpaired) electrons. The highest BCUT2D eigenvalue weighted by Gasteiger charge is 2.06. The van der Waals surface area contributed by atoms with Crippen LogP contribution >= 0.6 is 0 Å². The first-order valence-electron chi connectivity index (χ1n) is 7.24. The van der Waals surface area contributed by atoms with Crippen LogP contribution in [0.5, 0.6) is 0 Å². The van der Waals surface area contributed by atoms with Crippen LogP contribution in [0.25, 0.3) is 0 Å². The number of nitrogens with zero attached hydrogens (tertiary/aromatic N) is 2. The summed E-state index contributed by atoms with van der Waals surface area (Å²) in [5, 5.41) is 15.4. The topological polar surface area (TPSA) is 60.2 Å². The van der Waals surface area contributed by atoms with Crippen LogP contribution in [0.3, 0.4) is 0 Å². The molecule has 112 valence electrons. The third-order valence-corrected chi connectivity index (χ3v) is 3.42. The van der Waals surface area contributed by atoms with Crippen molar-refractivity contribution >= 4 is 5.96 Å². The van der Waals surface area contributed by atoms with Crippen molar-refractivity contribution in [3.8, 4) is 6.07 Å². The van der Waals surface area contributed by atoms with E-state index in [0.717, 1.165) is 11.5 Å². The lowest BCUT2D eigenvalue weighted by atomic mass is 10.1. The van der Waals surface area contributed by atoms with E-state index in [1.807, 2.05) is 42.5 Å². The largest absolute Gasteiger partial charge is 0.352 e. The molecule has 2 aromatic carbocycles. The number of rotatable bonds is 4. The SMILES string of the molecule is CN=C(NCc1ccc(C#N)cc1)NC(C)c1ccccc1. The van der Waals surface area contributed by atoms with Crippen LogP contribution in [-0.4, -0.2) is 13.0 Å². The maximum atomic E-state index is 8.80. The molecule has 2 aromatic rings. The molecule has 0 aromatic heterocycles. The van der Waals surface area contributed by atoms with Gasteiger partial charge in [0.1, 0.15) is 0 Å². The molecule has 0 aliphatic carbocycles. The lowest BCUT2D eigenvalue weighted by Gasteiger charge is -2.18. The minimum Gasteiger partial charge on any atom is -0.352 e. The summed E-state index contributed by atoms with van der Waals surface area (Å²) in [5.74, 6) is 0.751. The molecule has 0 bridgehead atoms. The summed E-state index contributed by atoms with van der Waals surface area (Å²) in [7, 11) is 1.76. The van der Waals surface area contributed by atoms with Crippen LogP contribution in [0.2, 0.25) is 0 Å². The number of nitriles is 1. The fourth-order valence-electron chi connectivity index (χ4n) is 2.11. The van der Waals surface area contributed by atoms with Crippen LogP contribution in [0.1, 0.15) is 29.7 Å². The fraction of sp³-hybridized carbons (Fsp3) is 0.222. The highest BCUT2D eigenvalue weighted by atomic mass is 15.2. The Bertz CT molecular complexity index is 654. The van der Waals surface area contributed by atoms with E-state index < -0.39 is 0 Å². The standard InChI is InChI=1S/C18H20N4/c1-14(17-6-4-3-5-7-17)22-18(20-2)21-13-16-10-8-15(12-19)9-11-16/h3-11,14H,13H2,1-2H3,(H2,20,21,22). The van der Waals surface area contributed by atoms with E-state index in [2.05, 4.69) is 40.8 Å². The van der Waals surface area contributed by atoms with Crippen molar-refractivity contribution in [1.29, 1.82) is 5.26 Å². The van der Waals surface area contributed by atoms with Crippen molar-refractivity contribution in [1.82, 2.24) is 10.6 Å². The zero-order valence-electron chi connectivity index (χ0n) is 12.9. The summed E-state index contributed by atoms with van der Waals surface area (Å²) in [6.07, 6.45) is 0. The molecule has 4 nitrogen and oxygen atoms in total. The van der Waals surface area contributed by atoms with Gasteiger partial charge in [-0.05, 0) is 30.2 Å². The van der Waals surface area contributed by atoms with Crippen LogP contribution in [0.15, 0.2) is 59.6 Å². The number of aliphatic imine (C=N–C) groups is 1. The summed E-state index contributed by atoms with van der Waals surface area (Å²) < 4.78 is 0. The second-order valence-electron chi connectivity index (χ2n) is 5.01. The average Bonchev–Trinajstić information content (AvgIpc) is 2.59. The quantitative estimate of drug-likeness (QED) is 0.673. The van der Waals surface area contributed by atoms with Crippen molar-refractivity contribution in [3.63, 3.8) is 0 Å². The van der Waals surface area contributed by atoms with Crippen molar-refractivity contribution in [2.75, 3.05) is 7.05 Å². The van der Waals surface area contributed by atoms with E-state index in [4.69, 9.17) is 5.26 Å². The molecular formula is C18H20N4. The van der Waals surface area contributed by atoms with Gasteiger partial charge < -0.3 is 10.6 Å². The summed E-state index contributed by atoms with van der Waals surface area (Å²) in [6, 6.07) is 20.1. The molecule has 0 saturated heterocycles. The number of hydrogen-bond donors (Lipinski definition) is 2. The van der Waals surface area contributed by atoms with E-state index in [9.17, 15) is 0 Å². The van der Waals surface area contributed by atoms with E-state index in [-0.39, 0.29) is 6.04 Å². The summed E-state index contributed by atoms with van der Waals surface area (Å²) in [4.78, 5) is 4.24. The third kappa shape index (κ3) is 4.35. The third-order valence-electron chi connectivity index (χ3n) is 3.42. The molecule has 4 heteroatoms. The van der Waals surface area contributed by atoms with Gasteiger partial charge in [-0.3, -0.25) is 4.99 Å². The van der Waals surface area contributed by atoms with Crippen molar-refractivity contribution in [2.24, 2.45) is 4.99 Å². The Kier molecular flexibility index (Phi) is 5.56. The van der Waals surface area contributed by atoms with Crippen LogP contribution in [0.4, 0.5) is 0 Å². The molecule has 2 N–H and O–H groups in total. The smallest absolute Gasteiger partial charge is 0.191 e. The Morgan fingerprint density at radius 2 is 1.82 bits per heavy atom. The number of guanidine groups is 1. The van der Waals surface area contributed by atoms with Crippen molar-refractivity contribution < 1.29 is 0 Å². The summed E-state index contributed by atoms with van der Waals surface area (Å²) in [5.41, 5.74) is 2.99. The first-order valence-corrected chi connectivity index (χ1v) is 7.24. The molecule has 2 rings (SSSR count). The molecular weight excluding hydrogens is 272 g/mol. The lowest BCUT2D eigenvalue weighted by molar-refractivity contribution is 0.685. The molecule has 0 fully saturated rings. The fourth-order valence-corrected chi connectivity index (χ4v) is 2.11. The molecule has 0 saturated carbocycles. The van der Waals surface area contributed by atoms with Crippen molar-refractivity contribution in [3.05, 3.63) is 71.3 Å². The first-order chi connectivity index (χ1) is 10.7. The Morgan fingerprint density at radius 3 is 2.41 bits per heavy atom. The predicted molar refractivity (Wildman–Crippen MR) is 89.3 cm³/mol. The first kappa shape index (κ1) is 15.6. The Labute approximate surface area is 131 Å². The van der Waals surface area contributed by atoms with Crippen LogP contribution in [-0.2, 0) is 6.54 Å². The molecule has 22 heavy (non-hydrogen) atoms. The van der Waals surface area contributed by atoms with Crippen LogP contribution in [0, 0.1) is 11.3 Å². The normalized spacial score (nSPS) is 12.3. The minimum atomic E-state index is 0.174. The van der Waals surface area contributed by atoms with Gasteiger partial charge in [-0.2, -0.15) is 5.26 Å². The number of nitrogens with one attached hydrogen (secondary N) is 2. The molecule has 0 heterocycles. The maximum Gasteiger partial charge on any atom is 0.191 e. The van der Waals surface area contributed by atoms with Gasteiger partial charge in [-0.25, -0.2) is 0 Å². The average molecular weight is 292 g/mol. The molecule has 0 aliphatic heterocycles. The van der Waals surface area contributed by atoms with Crippen molar-refractivity contribution in [2.45, 2.75) is 19.5 Å². The van der Waals surface area contributed by atoms with E-state index >= 15 is 0 Å². The second kappa shape index (κ2) is 7.84. The Morgan fingerprint density at radius 1 is 1.14 bits per heavy atom. The highest BCUT2D eigenvalue weighted by molar-refractivity contribution is 5.80.